The van der Waals surface area contributed by atoms with Gasteiger partial charge < -0.3 is 9.67 Å². The Bertz CT molecular complexity index is 1120. The number of fused-ring (bicyclic) bond motifs is 4. The zero-order valence-corrected chi connectivity index (χ0v) is 13.2. The van der Waals surface area contributed by atoms with Crippen molar-refractivity contribution in [1.82, 2.24) is 9.55 Å². The van der Waals surface area contributed by atoms with E-state index in [1.54, 1.807) is 12.1 Å². The van der Waals surface area contributed by atoms with Gasteiger partial charge >= 0.3 is 5.97 Å². The fourth-order valence-corrected chi connectivity index (χ4v) is 3.65. The van der Waals surface area contributed by atoms with Gasteiger partial charge in [-0.15, -0.1) is 0 Å². The number of pyridine rings is 1. The summed E-state index contributed by atoms with van der Waals surface area (Å²) in [6.07, 6.45) is 1.81. The number of aromatic nitrogens is 2. The Kier molecular flexibility index (Phi) is 2.73. The van der Waals surface area contributed by atoms with Crippen LogP contribution in [0.2, 0.25) is 0 Å². The zero-order valence-electron chi connectivity index (χ0n) is 13.2. The Labute approximate surface area is 133 Å². The maximum Gasteiger partial charge on any atom is 0.335 e. The van der Waals surface area contributed by atoms with Crippen molar-refractivity contribution in [3.05, 3.63) is 53.2 Å². The van der Waals surface area contributed by atoms with E-state index >= 15 is 0 Å². The predicted molar refractivity (Wildman–Crippen MR) is 92.2 cm³/mol. The van der Waals surface area contributed by atoms with Crippen molar-refractivity contribution in [2.45, 2.75) is 13.8 Å². The van der Waals surface area contributed by atoms with Gasteiger partial charge in [0, 0.05) is 34.9 Å². The number of nitrogens with zero attached hydrogens (tertiary/aromatic N) is 2. The van der Waals surface area contributed by atoms with Crippen LogP contribution < -0.4 is 0 Å². The van der Waals surface area contributed by atoms with Crippen LogP contribution in [0.25, 0.3) is 32.7 Å². The van der Waals surface area contributed by atoms with Crippen LogP contribution in [0.1, 0.15) is 21.5 Å². The van der Waals surface area contributed by atoms with Gasteiger partial charge in [0.05, 0.1) is 16.6 Å². The van der Waals surface area contributed by atoms with E-state index in [9.17, 15) is 9.90 Å². The molecule has 4 rings (SSSR count). The number of carboxylic acid groups (broad SMARTS) is 1. The number of aryl methyl sites for hydroxylation is 3. The molecule has 23 heavy (non-hydrogen) atoms. The van der Waals surface area contributed by atoms with Gasteiger partial charge in [0.2, 0.25) is 0 Å². The van der Waals surface area contributed by atoms with Crippen molar-refractivity contribution in [3.8, 4) is 0 Å². The molecule has 0 radical (unpaired) electrons. The standard InChI is InChI=1S/C19H16N2O2/c1-10-13-5-4-8-20-17(13)11(2)18-16(10)14-9-12(19(22)23)6-7-15(14)21(18)3/h4-9H,1-3H3,(H,22,23). The van der Waals surface area contributed by atoms with Gasteiger partial charge in [-0.05, 0) is 49.2 Å². The molecule has 0 aliphatic carbocycles. The van der Waals surface area contributed by atoms with E-state index in [0.29, 0.717) is 5.56 Å². The Hall–Kier alpha value is -2.88. The first-order chi connectivity index (χ1) is 11.0. The fourth-order valence-electron chi connectivity index (χ4n) is 3.65. The third-order valence-corrected chi connectivity index (χ3v) is 4.74. The van der Waals surface area contributed by atoms with E-state index in [1.165, 1.54) is 0 Å². The maximum atomic E-state index is 11.3. The van der Waals surface area contributed by atoms with Crippen LogP contribution in [-0.2, 0) is 7.05 Å². The maximum absolute atomic E-state index is 11.3. The number of hydrogen-bond acceptors (Lipinski definition) is 2. The smallest absolute Gasteiger partial charge is 0.335 e. The zero-order chi connectivity index (χ0) is 16.3. The third-order valence-electron chi connectivity index (χ3n) is 4.74. The molecular weight excluding hydrogens is 288 g/mol. The van der Waals surface area contributed by atoms with Gasteiger partial charge in [0.25, 0.3) is 0 Å². The summed E-state index contributed by atoms with van der Waals surface area (Å²) in [5.41, 5.74) is 5.73. The minimum atomic E-state index is -0.902. The molecule has 2 aromatic carbocycles. The quantitative estimate of drug-likeness (QED) is 0.573. The largest absolute Gasteiger partial charge is 0.478 e. The normalized spacial score (nSPS) is 11.6. The molecule has 0 spiro atoms. The van der Waals surface area contributed by atoms with Crippen molar-refractivity contribution in [1.29, 1.82) is 0 Å². The molecule has 0 bridgehead atoms. The summed E-state index contributed by atoms with van der Waals surface area (Å²) in [5.74, 6) is -0.902. The second-order valence-corrected chi connectivity index (χ2v) is 5.97. The fraction of sp³-hybridized carbons (Fsp3) is 0.158. The van der Waals surface area contributed by atoms with E-state index in [4.69, 9.17) is 0 Å². The SMILES string of the molecule is Cc1c2cccnc2c(C)c2c1c1cc(C(=O)O)ccc1n2C. The average Bonchev–Trinajstić information content (AvgIpc) is 2.85. The van der Waals surface area contributed by atoms with E-state index in [-0.39, 0.29) is 0 Å². The van der Waals surface area contributed by atoms with Crippen LogP contribution in [0.3, 0.4) is 0 Å². The molecule has 0 fully saturated rings. The molecule has 2 heterocycles. The summed E-state index contributed by atoms with van der Waals surface area (Å²) in [4.78, 5) is 15.9. The first kappa shape index (κ1) is 13.8. The number of carboxylic acids is 1. The van der Waals surface area contributed by atoms with Crippen molar-refractivity contribution >= 4 is 38.7 Å². The Morgan fingerprint density at radius 3 is 2.65 bits per heavy atom. The molecule has 0 saturated carbocycles. The van der Waals surface area contributed by atoms with Gasteiger partial charge in [0.1, 0.15) is 0 Å². The molecule has 0 unspecified atom stereocenters. The number of rotatable bonds is 1. The summed E-state index contributed by atoms with van der Waals surface area (Å²) in [5, 5.41) is 12.5. The molecule has 0 saturated heterocycles. The average molecular weight is 304 g/mol. The predicted octanol–water partition coefficient (Wildman–Crippen LogP) is 4.19. The van der Waals surface area contributed by atoms with Crippen LogP contribution in [0.4, 0.5) is 0 Å². The second-order valence-electron chi connectivity index (χ2n) is 5.97. The molecule has 0 aliphatic heterocycles. The Morgan fingerprint density at radius 1 is 1.13 bits per heavy atom. The molecule has 4 aromatic rings. The lowest BCUT2D eigenvalue weighted by Crippen LogP contribution is -1.95. The van der Waals surface area contributed by atoms with Crippen molar-refractivity contribution in [2.24, 2.45) is 7.05 Å². The molecular formula is C19H16N2O2. The van der Waals surface area contributed by atoms with Crippen LogP contribution in [-0.4, -0.2) is 20.6 Å². The lowest BCUT2D eigenvalue weighted by molar-refractivity contribution is 0.0697. The summed E-state index contributed by atoms with van der Waals surface area (Å²) in [6.45, 7) is 4.16. The number of hydrogen-bond donors (Lipinski definition) is 1. The highest BCUT2D eigenvalue weighted by atomic mass is 16.4. The molecule has 4 heteroatoms. The Morgan fingerprint density at radius 2 is 1.91 bits per heavy atom. The molecule has 114 valence electrons. The summed E-state index contributed by atoms with van der Waals surface area (Å²) >= 11 is 0. The van der Waals surface area contributed by atoms with Crippen LogP contribution >= 0.6 is 0 Å². The molecule has 0 amide bonds. The molecule has 0 atom stereocenters. The van der Waals surface area contributed by atoms with Crippen molar-refractivity contribution < 1.29 is 9.90 Å². The summed E-state index contributed by atoms with van der Waals surface area (Å²) in [6, 6.07) is 9.33. The third kappa shape index (κ3) is 1.72. The van der Waals surface area contributed by atoms with Crippen LogP contribution in [0.5, 0.6) is 0 Å². The molecule has 4 nitrogen and oxygen atoms in total. The molecule has 1 N–H and O–H groups in total. The van der Waals surface area contributed by atoms with E-state index < -0.39 is 5.97 Å². The summed E-state index contributed by atoms with van der Waals surface area (Å²) < 4.78 is 2.13. The minimum Gasteiger partial charge on any atom is -0.478 e. The molecule has 0 aliphatic rings. The van der Waals surface area contributed by atoms with E-state index in [2.05, 4.69) is 29.5 Å². The van der Waals surface area contributed by atoms with E-state index in [0.717, 1.165) is 43.8 Å². The van der Waals surface area contributed by atoms with Gasteiger partial charge in [-0.2, -0.15) is 0 Å². The highest BCUT2D eigenvalue weighted by molar-refractivity contribution is 6.17. The number of benzene rings is 2. The van der Waals surface area contributed by atoms with E-state index in [1.807, 2.05) is 25.4 Å². The number of aromatic carboxylic acids is 1. The highest BCUT2D eigenvalue weighted by Crippen LogP contribution is 2.37. The monoisotopic (exact) mass is 304 g/mol. The lowest BCUT2D eigenvalue weighted by Gasteiger charge is -2.09. The second kappa shape index (κ2) is 4.56. The van der Waals surface area contributed by atoms with Crippen molar-refractivity contribution in [3.63, 3.8) is 0 Å². The minimum absolute atomic E-state index is 0.313. The Balaban J connectivity index is 2.33. The first-order valence-corrected chi connectivity index (χ1v) is 7.50. The van der Waals surface area contributed by atoms with Gasteiger partial charge in [0.15, 0.2) is 0 Å². The van der Waals surface area contributed by atoms with Crippen LogP contribution in [0.15, 0.2) is 36.5 Å². The van der Waals surface area contributed by atoms with Gasteiger partial charge in [-0.3, -0.25) is 4.98 Å². The lowest BCUT2D eigenvalue weighted by atomic mass is 9.98. The highest BCUT2D eigenvalue weighted by Gasteiger charge is 2.18. The molecule has 2 aromatic heterocycles. The van der Waals surface area contributed by atoms with Crippen molar-refractivity contribution in [2.75, 3.05) is 0 Å². The number of carbonyl (C=O) groups is 1. The van der Waals surface area contributed by atoms with Crippen LogP contribution in [0, 0.1) is 13.8 Å². The first-order valence-electron chi connectivity index (χ1n) is 7.50. The van der Waals surface area contributed by atoms with Gasteiger partial charge in [-0.1, -0.05) is 6.07 Å². The topological polar surface area (TPSA) is 55.1 Å². The summed E-state index contributed by atoms with van der Waals surface area (Å²) in [7, 11) is 2.02. The van der Waals surface area contributed by atoms with Gasteiger partial charge in [-0.25, -0.2) is 4.79 Å².